The molecule has 2 fully saturated rings. The molecule has 5 rings (SSSR count). The molecule has 2 aromatic carbocycles. The van der Waals surface area contributed by atoms with E-state index in [1.165, 1.54) is 12.1 Å². The van der Waals surface area contributed by atoms with Crippen LogP contribution in [0.4, 0.5) is 13.2 Å². The van der Waals surface area contributed by atoms with Crippen LogP contribution in [0.5, 0.6) is 0 Å². The number of carbonyl (C=O) groups is 2. The second-order valence-corrected chi connectivity index (χ2v) is 8.78. The number of hydrogen-bond donors (Lipinski definition) is 2. The standard InChI is InChI=1S/C23H20F3N3O3/c24-23(25,26)16-6-4-13(5-7-16)12-29-19-14(11-27-29)2-1-3-17(19)20(30)28-18-10-22(18)8-15(9-22)21(31)32/h1-7,11,15,18H,8-10,12H2,(H,28,30)(H,31,32). The Morgan fingerprint density at radius 1 is 1.12 bits per heavy atom. The molecule has 0 aliphatic heterocycles. The third kappa shape index (κ3) is 3.51. The monoisotopic (exact) mass is 443 g/mol. The number of nitrogens with one attached hydrogen (secondary N) is 1. The van der Waals surface area contributed by atoms with Gasteiger partial charge in [-0.05, 0) is 48.4 Å². The Morgan fingerprint density at radius 2 is 1.84 bits per heavy atom. The fourth-order valence-corrected chi connectivity index (χ4v) is 4.75. The van der Waals surface area contributed by atoms with Crippen molar-refractivity contribution < 1.29 is 27.9 Å². The average Bonchev–Trinajstić information content (AvgIpc) is 3.29. The summed E-state index contributed by atoms with van der Waals surface area (Å²) in [7, 11) is 0. The number of hydrogen-bond acceptors (Lipinski definition) is 3. The number of para-hydroxylation sites is 1. The molecule has 1 heterocycles. The van der Waals surface area contributed by atoms with E-state index in [2.05, 4.69) is 10.4 Å². The van der Waals surface area contributed by atoms with Crippen molar-refractivity contribution in [2.24, 2.45) is 11.3 Å². The van der Waals surface area contributed by atoms with Crippen molar-refractivity contribution in [1.82, 2.24) is 15.1 Å². The van der Waals surface area contributed by atoms with Crippen LogP contribution in [0.1, 0.15) is 40.7 Å². The van der Waals surface area contributed by atoms with Crippen molar-refractivity contribution in [3.63, 3.8) is 0 Å². The average molecular weight is 443 g/mol. The number of aliphatic carboxylic acids is 1. The van der Waals surface area contributed by atoms with Crippen molar-refractivity contribution in [3.8, 4) is 0 Å². The molecule has 0 radical (unpaired) electrons. The van der Waals surface area contributed by atoms with Crippen molar-refractivity contribution in [1.29, 1.82) is 0 Å². The normalized spacial score (nSPS) is 24.3. The van der Waals surface area contributed by atoms with Gasteiger partial charge in [0.1, 0.15) is 0 Å². The van der Waals surface area contributed by atoms with Crippen LogP contribution in [-0.4, -0.2) is 32.8 Å². The lowest BCUT2D eigenvalue weighted by Crippen LogP contribution is -2.39. The zero-order valence-electron chi connectivity index (χ0n) is 16.9. The van der Waals surface area contributed by atoms with Gasteiger partial charge < -0.3 is 10.4 Å². The Labute approximate surface area is 181 Å². The molecule has 2 saturated carbocycles. The highest BCUT2D eigenvalue weighted by atomic mass is 19.4. The van der Waals surface area contributed by atoms with Crippen LogP contribution in [0, 0.1) is 11.3 Å². The maximum Gasteiger partial charge on any atom is 0.416 e. The lowest BCUT2D eigenvalue weighted by molar-refractivity contribution is -0.147. The van der Waals surface area contributed by atoms with Crippen molar-refractivity contribution in [2.45, 2.75) is 38.0 Å². The first-order valence-electron chi connectivity index (χ1n) is 10.3. The Morgan fingerprint density at radius 3 is 2.50 bits per heavy atom. The van der Waals surface area contributed by atoms with Crippen LogP contribution in [-0.2, 0) is 17.5 Å². The molecule has 0 bridgehead atoms. The number of carboxylic acids is 1. The number of alkyl halides is 3. The van der Waals surface area contributed by atoms with Crippen LogP contribution in [0.15, 0.2) is 48.7 Å². The van der Waals surface area contributed by atoms with E-state index in [1.807, 2.05) is 6.07 Å². The van der Waals surface area contributed by atoms with Crippen LogP contribution >= 0.6 is 0 Å². The second-order valence-electron chi connectivity index (χ2n) is 8.78. The van der Waals surface area contributed by atoms with Gasteiger partial charge >= 0.3 is 12.1 Å². The maximum atomic E-state index is 13.0. The number of carbonyl (C=O) groups excluding carboxylic acids is 1. The van der Waals surface area contributed by atoms with Gasteiger partial charge in [-0.1, -0.05) is 24.3 Å². The van der Waals surface area contributed by atoms with Crippen LogP contribution in [0.3, 0.4) is 0 Å². The van der Waals surface area contributed by atoms with Crippen LogP contribution in [0.2, 0.25) is 0 Å². The summed E-state index contributed by atoms with van der Waals surface area (Å²) in [6, 6.07) is 10.1. The zero-order chi connectivity index (χ0) is 22.7. The predicted molar refractivity (Wildman–Crippen MR) is 109 cm³/mol. The van der Waals surface area contributed by atoms with Gasteiger partial charge in [-0.15, -0.1) is 0 Å². The highest BCUT2D eigenvalue weighted by Gasteiger charge is 2.63. The Kier molecular flexibility index (Phi) is 4.54. The van der Waals surface area contributed by atoms with Crippen molar-refractivity contribution in [2.75, 3.05) is 0 Å². The van der Waals surface area contributed by atoms with Crippen LogP contribution in [0.25, 0.3) is 10.9 Å². The molecule has 6 nitrogen and oxygen atoms in total. The minimum absolute atomic E-state index is 0.0351. The number of halogens is 3. The lowest BCUT2D eigenvalue weighted by atomic mass is 9.71. The highest BCUT2D eigenvalue weighted by molar-refractivity contribution is 6.06. The van der Waals surface area contributed by atoms with E-state index in [0.29, 0.717) is 29.5 Å². The molecule has 32 heavy (non-hydrogen) atoms. The first-order valence-corrected chi connectivity index (χ1v) is 10.3. The lowest BCUT2D eigenvalue weighted by Gasteiger charge is -2.33. The molecule has 2 N–H and O–H groups in total. The predicted octanol–water partition coefficient (Wildman–Crippen LogP) is 4.09. The summed E-state index contributed by atoms with van der Waals surface area (Å²) in [5, 5.41) is 17.2. The molecule has 1 unspecified atom stereocenters. The minimum Gasteiger partial charge on any atom is -0.481 e. The van der Waals surface area contributed by atoms with E-state index in [-0.39, 0.29) is 29.8 Å². The second kappa shape index (κ2) is 7.08. The summed E-state index contributed by atoms with van der Waals surface area (Å²) in [6.07, 6.45) is -0.818. The van der Waals surface area contributed by atoms with Crippen LogP contribution < -0.4 is 5.32 Å². The number of fused-ring (bicyclic) bond motifs is 1. The van der Waals surface area contributed by atoms with Gasteiger partial charge in [0.25, 0.3) is 5.91 Å². The molecule has 0 saturated heterocycles. The Hall–Kier alpha value is -3.36. The molecule has 1 atom stereocenters. The van der Waals surface area contributed by atoms with Gasteiger partial charge in [-0.2, -0.15) is 18.3 Å². The quantitative estimate of drug-likeness (QED) is 0.622. The molecular weight excluding hydrogens is 423 g/mol. The van der Waals surface area contributed by atoms with Gasteiger partial charge in [0, 0.05) is 11.4 Å². The Balaban J connectivity index is 1.34. The van der Waals surface area contributed by atoms with E-state index < -0.39 is 17.7 Å². The first kappa shape index (κ1) is 20.5. The van der Waals surface area contributed by atoms with E-state index in [9.17, 15) is 22.8 Å². The molecule has 9 heteroatoms. The number of benzene rings is 2. The van der Waals surface area contributed by atoms with E-state index in [1.54, 1.807) is 23.0 Å². The number of aromatic nitrogens is 2. The summed E-state index contributed by atoms with van der Waals surface area (Å²) in [5.74, 6) is -1.37. The smallest absolute Gasteiger partial charge is 0.416 e. The molecule has 166 valence electrons. The molecule has 2 aliphatic rings. The fraction of sp³-hybridized carbons (Fsp3) is 0.348. The number of amides is 1. The molecule has 2 aliphatic carbocycles. The molecule has 1 spiro atoms. The summed E-state index contributed by atoms with van der Waals surface area (Å²) in [4.78, 5) is 24.1. The van der Waals surface area contributed by atoms with Gasteiger partial charge in [0.15, 0.2) is 0 Å². The zero-order valence-corrected chi connectivity index (χ0v) is 16.9. The van der Waals surface area contributed by atoms with Gasteiger partial charge in [-0.25, -0.2) is 0 Å². The molecule has 1 amide bonds. The highest BCUT2D eigenvalue weighted by Crippen LogP contribution is 2.63. The van der Waals surface area contributed by atoms with Gasteiger partial charge in [-0.3, -0.25) is 14.3 Å². The van der Waals surface area contributed by atoms with Crippen molar-refractivity contribution in [3.05, 3.63) is 65.4 Å². The largest absolute Gasteiger partial charge is 0.481 e. The summed E-state index contributed by atoms with van der Waals surface area (Å²) < 4.78 is 40.0. The first-order chi connectivity index (χ1) is 15.2. The topological polar surface area (TPSA) is 84.2 Å². The van der Waals surface area contributed by atoms with E-state index in [4.69, 9.17) is 5.11 Å². The minimum atomic E-state index is -4.40. The SMILES string of the molecule is O=C(NC1CC12CC(C(=O)O)C2)c1cccc2cnn(Cc3ccc(C(F)(F)F)cc3)c12. The third-order valence-electron chi connectivity index (χ3n) is 6.67. The molecule has 1 aromatic heterocycles. The molecular formula is C23H20F3N3O3. The Bertz CT molecular complexity index is 1210. The summed E-state index contributed by atoms with van der Waals surface area (Å²) >= 11 is 0. The maximum absolute atomic E-state index is 13.0. The summed E-state index contributed by atoms with van der Waals surface area (Å²) in [6.45, 7) is 0.222. The fourth-order valence-electron chi connectivity index (χ4n) is 4.75. The summed E-state index contributed by atoms with van der Waals surface area (Å²) in [5.41, 5.74) is 0.868. The van der Waals surface area contributed by atoms with E-state index in [0.717, 1.165) is 23.9 Å². The number of carboxylic acid groups (broad SMARTS) is 1. The van der Waals surface area contributed by atoms with Gasteiger partial charge in [0.2, 0.25) is 0 Å². The third-order valence-corrected chi connectivity index (χ3v) is 6.67. The van der Waals surface area contributed by atoms with Crippen molar-refractivity contribution >= 4 is 22.8 Å². The number of rotatable bonds is 5. The molecule has 3 aromatic rings. The van der Waals surface area contributed by atoms with E-state index >= 15 is 0 Å². The van der Waals surface area contributed by atoms with Gasteiger partial charge in [0.05, 0.1) is 35.3 Å². The number of nitrogens with zero attached hydrogens (tertiary/aromatic N) is 2.